The molecule has 1 saturated heterocycles. The maximum absolute atomic E-state index is 12.5. The van der Waals surface area contributed by atoms with E-state index in [-0.39, 0.29) is 12.1 Å². The lowest BCUT2D eigenvalue weighted by Gasteiger charge is -2.29. The fourth-order valence-corrected chi connectivity index (χ4v) is 3.20. The number of benzene rings is 1. The molecule has 1 heterocycles. The van der Waals surface area contributed by atoms with Crippen molar-refractivity contribution < 1.29 is 9.53 Å². The van der Waals surface area contributed by atoms with E-state index in [1.807, 2.05) is 41.3 Å². The van der Waals surface area contributed by atoms with Gasteiger partial charge < -0.3 is 9.64 Å². The number of amides is 1. The third-order valence-electron chi connectivity index (χ3n) is 4.37. The topological polar surface area (TPSA) is 29.5 Å². The maximum atomic E-state index is 12.5. The summed E-state index contributed by atoms with van der Waals surface area (Å²) in [6.07, 6.45) is 8.12. The van der Waals surface area contributed by atoms with Crippen LogP contribution in [0.5, 0.6) is 0 Å². The van der Waals surface area contributed by atoms with E-state index in [4.69, 9.17) is 4.74 Å². The lowest BCUT2D eigenvalue weighted by Crippen LogP contribution is -2.41. The first kappa shape index (κ1) is 16.6. The zero-order valence-corrected chi connectivity index (χ0v) is 13.5. The Balaban J connectivity index is 1.96. The van der Waals surface area contributed by atoms with Crippen molar-refractivity contribution in [2.75, 3.05) is 0 Å². The van der Waals surface area contributed by atoms with Crippen LogP contribution in [0.4, 0.5) is 4.79 Å². The molecular weight excluding hydrogens is 274 g/mol. The molecule has 2 rings (SSSR count). The van der Waals surface area contributed by atoms with E-state index in [9.17, 15) is 4.79 Å². The zero-order chi connectivity index (χ0) is 15.8. The number of nitrogens with zero attached hydrogens (tertiary/aromatic N) is 1. The quantitative estimate of drug-likeness (QED) is 0.669. The minimum atomic E-state index is -0.172. The molecule has 1 aliphatic heterocycles. The Hall–Kier alpha value is -1.77. The van der Waals surface area contributed by atoms with Crippen LogP contribution in [0.3, 0.4) is 0 Å². The van der Waals surface area contributed by atoms with Gasteiger partial charge in [-0.3, -0.25) is 0 Å². The fourth-order valence-electron chi connectivity index (χ4n) is 3.20. The van der Waals surface area contributed by atoms with Gasteiger partial charge in [-0.2, -0.15) is 0 Å². The molecule has 3 heteroatoms. The van der Waals surface area contributed by atoms with Gasteiger partial charge in [-0.05, 0) is 31.2 Å². The van der Waals surface area contributed by atoms with Crippen molar-refractivity contribution in [1.82, 2.24) is 4.90 Å². The van der Waals surface area contributed by atoms with Gasteiger partial charge in [0, 0.05) is 12.1 Å². The average Bonchev–Trinajstić information content (AvgIpc) is 2.95. The second-order valence-electron chi connectivity index (χ2n) is 6.00. The van der Waals surface area contributed by atoms with Crippen molar-refractivity contribution in [3.63, 3.8) is 0 Å². The Morgan fingerprint density at radius 2 is 2.05 bits per heavy atom. The average molecular weight is 301 g/mol. The van der Waals surface area contributed by atoms with Crippen molar-refractivity contribution in [2.45, 2.75) is 64.1 Å². The highest BCUT2D eigenvalue weighted by molar-refractivity contribution is 5.69. The van der Waals surface area contributed by atoms with Gasteiger partial charge in [0.05, 0.1) is 0 Å². The van der Waals surface area contributed by atoms with Crippen molar-refractivity contribution in [3.05, 3.63) is 48.6 Å². The number of hydrogen-bond donors (Lipinski definition) is 0. The van der Waals surface area contributed by atoms with Crippen LogP contribution in [0.15, 0.2) is 43.0 Å². The molecular formula is C19H27NO2. The third-order valence-corrected chi connectivity index (χ3v) is 4.37. The minimum absolute atomic E-state index is 0.172. The van der Waals surface area contributed by atoms with Crippen LogP contribution in [-0.2, 0) is 11.3 Å². The summed E-state index contributed by atoms with van der Waals surface area (Å²) in [6, 6.07) is 10.4. The van der Waals surface area contributed by atoms with Gasteiger partial charge in [-0.1, -0.05) is 56.2 Å². The molecule has 0 radical (unpaired) electrons. The Bertz CT molecular complexity index is 472. The molecule has 1 aromatic rings. The molecule has 3 nitrogen and oxygen atoms in total. The first-order valence-electron chi connectivity index (χ1n) is 8.36. The summed E-state index contributed by atoms with van der Waals surface area (Å²) in [5.74, 6) is 0. The molecule has 0 aromatic heterocycles. The van der Waals surface area contributed by atoms with E-state index in [2.05, 4.69) is 13.5 Å². The van der Waals surface area contributed by atoms with Crippen LogP contribution < -0.4 is 0 Å². The van der Waals surface area contributed by atoms with Crippen LogP contribution in [-0.4, -0.2) is 23.1 Å². The van der Waals surface area contributed by atoms with Crippen LogP contribution in [0, 0.1) is 0 Å². The predicted molar refractivity (Wildman–Crippen MR) is 89.6 cm³/mol. The molecule has 1 aliphatic rings. The first-order valence-corrected chi connectivity index (χ1v) is 8.36. The number of rotatable bonds is 7. The number of carbonyl (C=O) groups excluding carboxylic acids is 1. The second kappa shape index (κ2) is 8.62. The van der Waals surface area contributed by atoms with Crippen LogP contribution in [0.2, 0.25) is 0 Å². The van der Waals surface area contributed by atoms with Gasteiger partial charge >= 0.3 is 6.09 Å². The first-order chi connectivity index (χ1) is 10.8. The van der Waals surface area contributed by atoms with E-state index >= 15 is 0 Å². The highest BCUT2D eigenvalue weighted by Gasteiger charge is 2.36. The minimum Gasteiger partial charge on any atom is -0.445 e. The van der Waals surface area contributed by atoms with E-state index in [0.717, 1.165) is 44.1 Å². The largest absolute Gasteiger partial charge is 0.445 e. The normalized spacial score (nSPS) is 20.9. The van der Waals surface area contributed by atoms with Gasteiger partial charge in [0.15, 0.2) is 0 Å². The summed E-state index contributed by atoms with van der Waals surface area (Å²) in [6.45, 7) is 6.35. The standard InChI is InChI=1S/C19H27NO2/c1-3-5-12-18-14-13-17(9-4-2)20(18)19(21)22-15-16-10-7-6-8-11-16/h4,6-8,10-11,17-18H,2-3,5,9,12-15H2,1H3/t17-,18+/m0/s1. The highest BCUT2D eigenvalue weighted by Crippen LogP contribution is 2.30. The van der Waals surface area contributed by atoms with Crippen molar-refractivity contribution in [1.29, 1.82) is 0 Å². The summed E-state index contributed by atoms with van der Waals surface area (Å²) in [5.41, 5.74) is 1.03. The summed E-state index contributed by atoms with van der Waals surface area (Å²) < 4.78 is 5.55. The molecule has 1 fully saturated rings. The van der Waals surface area contributed by atoms with Crippen molar-refractivity contribution in [2.24, 2.45) is 0 Å². The predicted octanol–water partition coefficient (Wildman–Crippen LogP) is 4.92. The lowest BCUT2D eigenvalue weighted by atomic mass is 10.1. The van der Waals surface area contributed by atoms with Gasteiger partial charge in [-0.15, -0.1) is 6.58 Å². The molecule has 2 atom stereocenters. The molecule has 1 aromatic carbocycles. The molecule has 0 bridgehead atoms. The maximum Gasteiger partial charge on any atom is 0.410 e. The molecule has 22 heavy (non-hydrogen) atoms. The zero-order valence-electron chi connectivity index (χ0n) is 13.5. The molecule has 120 valence electrons. The summed E-state index contributed by atoms with van der Waals surface area (Å²) in [7, 11) is 0. The van der Waals surface area contributed by atoms with Gasteiger partial charge in [0.2, 0.25) is 0 Å². The fraction of sp³-hybridized carbons (Fsp3) is 0.526. The highest BCUT2D eigenvalue weighted by atomic mass is 16.6. The van der Waals surface area contributed by atoms with Crippen molar-refractivity contribution in [3.8, 4) is 0 Å². The Morgan fingerprint density at radius 3 is 2.73 bits per heavy atom. The van der Waals surface area contributed by atoms with E-state index in [0.29, 0.717) is 12.6 Å². The molecule has 0 N–H and O–H groups in total. The van der Waals surface area contributed by atoms with Gasteiger partial charge in [0.1, 0.15) is 6.61 Å². The monoisotopic (exact) mass is 301 g/mol. The molecule has 0 spiro atoms. The number of likely N-dealkylation sites (tertiary alicyclic amines) is 1. The second-order valence-corrected chi connectivity index (χ2v) is 6.00. The van der Waals surface area contributed by atoms with Crippen LogP contribution >= 0.6 is 0 Å². The lowest BCUT2D eigenvalue weighted by molar-refractivity contribution is 0.0767. The van der Waals surface area contributed by atoms with E-state index < -0.39 is 0 Å². The summed E-state index contributed by atoms with van der Waals surface area (Å²) >= 11 is 0. The van der Waals surface area contributed by atoms with Gasteiger partial charge in [0.25, 0.3) is 0 Å². The molecule has 0 unspecified atom stereocenters. The smallest absolute Gasteiger partial charge is 0.410 e. The van der Waals surface area contributed by atoms with Crippen LogP contribution in [0.25, 0.3) is 0 Å². The Labute approximate surface area is 134 Å². The SMILES string of the molecule is C=CC[C@H]1CC[C@@H](CCCC)N1C(=O)OCc1ccccc1. The van der Waals surface area contributed by atoms with E-state index in [1.54, 1.807) is 0 Å². The molecule has 1 amide bonds. The number of unbranched alkanes of at least 4 members (excludes halogenated alkanes) is 1. The molecule has 0 saturated carbocycles. The van der Waals surface area contributed by atoms with Crippen LogP contribution in [0.1, 0.15) is 51.0 Å². The number of hydrogen-bond acceptors (Lipinski definition) is 2. The number of carbonyl (C=O) groups is 1. The number of ether oxygens (including phenoxy) is 1. The van der Waals surface area contributed by atoms with E-state index in [1.165, 1.54) is 0 Å². The Kier molecular flexibility index (Phi) is 6.50. The van der Waals surface area contributed by atoms with Gasteiger partial charge in [-0.25, -0.2) is 4.79 Å². The third kappa shape index (κ3) is 4.36. The molecule has 0 aliphatic carbocycles. The summed E-state index contributed by atoms with van der Waals surface area (Å²) in [4.78, 5) is 14.5. The Morgan fingerprint density at radius 1 is 1.32 bits per heavy atom. The summed E-state index contributed by atoms with van der Waals surface area (Å²) in [5, 5.41) is 0. The van der Waals surface area contributed by atoms with Crippen molar-refractivity contribution >= 4 is 6.09 Å².